The number of aromatic amines is 1. The number of nitrogens with zero attached hydrogens (tertiary/aromatic N) is 1. The molecule has 3 nitrogen and oxygen atoms in total. The monoisotopic (exact) mass is 317 g/mol. The third-order valence-electron chi connectivity index (χ3n) is 4.40. The van der Waals surface area contributed by atoms with Crippen molar-refractivity contribution in [2.24, 2.45) is 5.41 Å². The van der Waals surface area contributed by atoms with E-state index in [9.17, 15) is 0 Å². The molecule has 1 saturated heterocycles. The molecule has 1 saturated carbocycles. The molecule has 1 atom stereocenters. The van der Waals surface area contributed by atoms with Gasteiger partial charge in [0.15, 0.2) is 0 Å². The van der Waals surface area contributed by atoms with Crippen LogP contribution in [-0.2, 0) is 0 Å². The summed E-state index contributed by atoms with van der Waals surface area (Å²) in [5.74, 6) is 1.08. The number of rotatable bonds is 2. The summed E-state index contributed by atoms with van der Waals surface area (Å²) in [5, 5.41) is 3.60. The van der Waals surface area contributed by atoms with Crippen LogP contribution in [0, 0.1) is 5.41 Å². The first-order chi connectivity index (χ1) is 9.24. The Labute approximate surface area is 121 Å². The van der Waals surface area contributed by atoms with Gasteiger partial charge in [0, 0.05) is 11.0 Å². The highest BCUT2D eigenvalue weighted by Gasteiger charge is 2.49. The highest BCUT2D eigenvalue weighted by Crippen LogP contribution is 2.54. The van der Waals surface area contributed by atoms with E-state index in [-0.39, 0.29) is 0 Å². The zero-order chi connectivity index (χ0) is 12.9. The Hall–Kier alpha value is -1.13. The summed E-state index contributed by atoms with van der Waals surface area (Å²) in [5.41, 5.74) is 2.89. The third-order valence-corrected chi connectivity index (χ3v) is 4.93. The van der Waals surface area contributed by atoms with Crippen LogP contribution in [0.2, 0.25) is 0 Å². The van der Waals surface area contributed by atoms with Crippen LogP contribution in [0.4, 0.5) is 0 Å². The lowest BCUT2D eigenvalue weighted by atomic mass is 10.0. The quantitative estimate of drug-likeness (QED) is 0.887. The van der Waals surface area contributed by atoms with Crippen LogP contribution in [0.15, 0.2) is 34.9 Å². The van der Waals surface area contributed by atoms with E-state index in [0.717, 1.165) is 22.5 Å². The number of imidazole rings is 1. The molecule has 1 aliphatic heterocycles. The first kappa shape index (κ1) is 11.7. The van der Waals surface area contributed by atoms with Gasteiger partial charge in [0.2, 0.25) is 0 Å². The van der Waals surface area contributed by atoms with Crippen LogP contribution in [-0.4, -0.2) is 16.5 Å². The molecule has 19 heavy (non-hydrogen) atoms. The molecule has 0 bridgehead atoms. The van der Waals surface area contributed by atoms with E-state index in [2.05, 4.69) is 55.5 Å². The summed E-state index contributed by atoms with van der Waals surface area (Å²) in [6, 6.07) is 8.73. The van der Waals surface area contributed by atoms with Gasteiger partial charge in [-0.2, -0.15) is 0 Å². The number of nitrogens with one attached hydrogen (secondary N) is 2. The molecule has 1 aromatic carbocycles. The minimum Gasteiger partial charge on any atom is -0.341 e. The molecule has 98 valence electrons. The number of benzene rings is 1. The van der Waals surface area contributed by atoms with E-state index >= 15 is 0 Å². The number of H-pyrrole nitrogens is 1. The number of hydrogen-bond donors (Lipinski definition) is 2. The van der Waals surface area contributed by atoms with E-state index in [0.29, 0.717) is 11.5 Å². The summed E-state index contributed by atoms with van der Waals surface area (Å²) in [6.45, 7) is 1.16. The normalized spacial score (nSPS) is 23.9. The molecule has 2 N–H and O–H groups in total. The largest absolute Gasteiger partial charge is 0.341 e. The van der Waals surface area contributed by atoms with Gasteiger partial charge in [-0.15, -0.1) is 0 Å². The van der Waals surface area contributed by atoms with Crippen LogP contribution in [0.25, 0.3) is 11.3 Å². The van der Waals surface area contributed by atoms with Crippen molar-refractivity contribution < 1.29 is 0 Å². The van der Waals surface area contributed by atoms with Gasteiger partial charge in [0.05, 0.1) is 17.9 Å². The van der Waals surface area contributed by atoms with Gasteiger partial charge in [-0.25, -0.2) is 4.98 Å². The van der Waals surface area contributed by atoms with E-state index in [4.69, 9.17) is 0 Å². The lowest BCUT2D eigenvalue weighted by Gasteiger charge is -2.06. The van der Waals surface area contributed by atoms with E-state index in [1.54, 1.807) is 0 Å². The molecule has 4 heteroatoms. The van der Waals surface area contributed by atoms with Crippen LogP contribution in [0.5, 0.6) is 0 Å². The molecule has 0 radical (unpaired) electrons. The van der Waals surface area contributed by atoms with Crippen molar-refractivity contribution in [3.63, 3.8) is 0 Å². The van der Waals surface area contributed by atoms with E-state index in [1.165, 1.54) is 24.8 Å². The topological polar surface area (TPSA) is 40.7 Å². The van der Waals surface area contributed by atoms with Gasteiger partial charge in [-0.3, -0.25) is 0 Å². The average molecular weight is 318 g/mol. The van der Waals surface area contributed by atoms with Crippen LogP contribution in [0.1, 0.15) is 31.1 Å². The van der Waals surface area contributed by atoms with Crippen molar-refractivity contribution in [1.82, 2.24) is 15.3 Å². The Kier molecular flexibility index (Phi) is 2.57. The Bertz CT molecular complexity index is 598. The summed E-state index contributed by atoms with van der Waals surface area (Å²) >= 11 is 3.46. The summed E-state index contributed by atoms with van der Waals surface area (Å²) in [4.78, 5) is 8.03. The van der Waals surface area contributed by atoms with E-state index in [1.807, 2.05) is 6.20 Å². The van der Waals surface area contributed by atoms with Gasteiger partial charge in [0.25, 0.3) is 0 Å². The van der Waals surface area contributed by atoms with Crippen LogP contribution < -0.4 is 5.32 Å². The van der Waals surface area contributed by atoms with Crippen molar-refractivity contribution >= 4 is 15.9 Å². The molecule has 1 aliphatic carbocycles. The van der Waals surface area contributed by atoms with Crippen LogP contribution in [0.3, 0.4) is 0 Å². The molecular weight excluding hydrogens is 302 g/mol. The molecule has 2 aromatic rings. The van der Waals surface area contributed by atoms with Crippen molar-refractivity contribution in [3.05, 3.63) is 40.8 Å². The summed E-state index contributed by atoms with van der Waals surface area (Å²) < 4.78 is 1.10. The van der Waals surface area contributed by atoms with Gasteiger partial charge in [-0.05, 0) is 42.4 Å². The second-order valence-electron chi connectivity index (χ2n) is 5.83. The fourth-order valence-electron chi connectivity index (χ4n) is 2.96. The zero-order valence-corrected chi connectivity index (χ0v) is 12.2. The molecule has 4 rings (SSSR count). The first-order valence-electron chi connectivity index (χ1n) is 6.78. The van der Waals surface area contributed by atoms with Gasteiger partial charge in [0.1, 0.15) is 5.82 Å². The molecule has 2 fully saturated rings. The fraction of sp³-hybridized carbons (Fsp3) is 0.400. The Morgan fingerprint density at radius 3 is 2.68 bits per heavy atom. The molecule has 1 aromatic heterocycles. The third kappa shape index (κ3) is 2.13. The molecule has 2 heterocycles. The number of halogens is 1. The molecular formula is C15H16BrN3. The Balaban J connectivity index is 1.57. The smallest absolute Gasteiger partial charge is 0.123 e. The highest BCUT2D eigenvalue weighted by molar-refractivity contribution is 9.10. The number of aromatic nitrogens is 2. The van der Waals surface area contributed by atoms with Crippen molar-refractivity contribution in [3.8, 4) is 11.3 Å². The maximum atomic E-state index is 4.56. The Morgan fingerprint density at radius 2 is 2.00 bits per heavy atom. The van der Waals surface area contributed by atoms with Crippen molar-refractivity contribution in [2.45, 2.75) is 25.3 Å². The van der Waals surface area contributed by atoms with Crippen LogP contribution >= 0.6 is 15.9 Å². The summed E-state index contributed by atoms with van der Waals surface area (Å²) in [6.07, 6.45) is 5.95. The average Bonchev–Trinajstić information content (AvgIpc) is 2.85. The lowest BCUT2D eigenvalue weighted by Crippen LogP contribution is -2.15. The molecule has 0 amide bonds. The van der Waals surface area contributed by atoms with Gasteiger partial charge >= 0.3 is 0 Å². The number of hydrogen-bond acceptors (Lipinski definition) is 2. The SMILES string of the molecule is Brc1ccc(-c2cnc(C3CC4(CC4)CN3)[nH]2)cc1. The molecule has 2 aliphatic rings. The first-order valence-corrected chi connectivity index (χ1v) is 7.58. The highest BCUT2D eigenvalue weighted by atomic mass is 79.9. The molecule has 1 spiro atoms. The Morgan fingerprint density at radius 1 is 1.21 bits per heavy atom. The van der Waals surface area contributed by atoms with E-state index < -0.39 is 0 Å². The maximum absolute atomic E-state index is 4.56. The fourth-order valence-corrected chi connectivity index (χ4v) is 3.22. The predicted molar refractivity (Wildman–Crippen MR) is 78.8 cm³/mol. The second kappa shape index (κ2) is 4.18. The van der Waals surface area contributed by atoms with Gasteiger partial charge in [-0.1, -0.05) is 28.1 Å². The zero-order valence-electron chi connectivity index (χ0n) is 10.6. The van der Waals surface area contributed by atoms with Crippen molar-refractivity contribution in [1.29, 1.82) is 0 Å². The lowest BCUT2D eigenvalue weighted by molar-refractivity contribution is 0.543. The molecule has 1 unspecified atom stereocenters. The predicted octanol–water partition coefficient (Wildman–Crippen LogP) is 3.65. The minimum atomic E-state index is 0.409. The maximum Gasteiger partial charge on any atom is 0.123 e. The standard InChI is InChI=1S/C15H16BrN3/c16-11-3-1-10(2-4-11)13-8-17-14(19-13)12-7-15(5-6-15)9-18-12/h1-4,8,12,18H,5-7,9H2,(H,17,19). The summed E-state index contributed by atoms with van der Waals surface area (Å²) in [7, 11) is 0. The minimum absolute atomic E-state index is 0.409. The van der Waals surface area contributed by atoms with Gasteiger partial charge < -0.3 is 10.3 Å². The second-order valence-corrected chi connectivity index (χ2v) is 6.74. The van der Waals surface area contributed by atoms with Crippen molar-refractivity contribution in [2.75, 3.05) is 6.54 Å².